The van der Waals surface area contributed by atoms with Crippen molar-refractivity contribution in [3.05, 3.63) is 22.8 Å². The molecule has 6 heteroatoms. The summed E-state index contributed by atoms with van der Waals surface area (Å²) in [6, 6.07) is 1.79. The van der Waals surface area contributed by atoms with Gasteiger partial charge in [0.2, 0.25) is 10.0 Å². The third kappa shape index (κ3) is 3.62. The molecular formula is C16H26N2O3S. The van der Waals surface area contributed by atoms with E-state index in [2.05, 4.69) is 9.62 Å². The number of aryl methyl sites for hydroxylation is 1. The molecule has 2 rings (SSSR count). The van der Waals surface area contributed by atoms with E-state index >= 15 is 0 Å². The van der Waals surface area contributed by atoms with Crippen LogP contribution in [0.3, 0.4) is 0 Å². The van der Waals surface area contributed by atoms with Crippen molar-refractivity contribution in [3.63, 3.8) is 0 Å². The zero-order valence-electron chi connectivity index (χ0n) is 13.9. The third-order valence-corrected chi connectivity index (χ3v) is 6.14. The van der Waals surface area contributed by atoms with Gasteiger partial charge in [0.25, 0.3) is 0 Å². The number of sulfonamides is 1. The number of rotatable bonds is 6. The van der Waals surface area contributed by atoms with E-state index in [9.17, 15) is 8.42 Å². The van der Waals surface area contributed by atoms with Crippen LogP contribution in [0.2, 0.25) is 0 Å². The summed E-state index contributed by atoms with van der Waals surface area (Å²) in [6.07, 6.45) is 2.42. The number of nitrogens with zero attached hydrogens (tertiary/aromatic N) is 1. The first kappa shape index (κ1) is 17.2. The molecule has 5 nitrogen and oxygen atoms in total. The van der Waals surface area contributed by atoms with E-state index < -0.39 is 10.0 Å². The molecule has 1 fully saturated rings. The maximum absolute atomic E-state index is 12.6. The highest BCUT2D eigenvalue weighted by Gasteiger charge is 2.22. The molecule has 1 N–H and O–H groups in total. The van der Waals surface area contributed by atoms with Gasteiger partial charge in [-0.1, -0.05) is 0 Å². The van der Waals surface area contributed by atoms with Crippen LogP contribution >= 0.6 is 0 Å². The summed E-state index contributed by atoms with van der Waals surface area (Å²) in [5, 5.41) is 0. The van der Waals surface area contributed by atoms with Gasteiger partial charge >= 0.3 is 0 Å². The fraction of sp³-hybridized carbons (Fsp3) is 0.625. The van der Waals surface area contributed by atoms with E-state index in [4.69, 9.17) is 4.74 Å². The minimum atomic E-state index is -3.49. The third-order valence-electron chi connectivity index (χ3n) is 4.39. The van der Waals surface area contributed by atoms with Crippen molar-refractivity contribution >= 4 is 10.0 Å². The first-order valence-electron chi connectivity index (χ1n) is 7.73. The van der Waals surface area contributed by atoms with Gasteiger partial charge < -0.3 is 9.64 Å². The number of methoxy groups -OCH3 is 1. The van der Waals surface area contributed by atoms with Crippen molar-refractivity contribution in [2.24, 2.45) is 0 Å². The molecule has 0 spiro atoms. The highest BCUT2D eigenvalue weighted by Crippen LogP contribution is 2.30. The molecule has 1 aliphatic rings. The van der Waals surface area contributed by atoms with Crippen LogP contribution in [-0.2, 0) is 10.0 Å². The van der Waals surface area contributed by atoms with Crippen molar-refractivity contribution in [2.75, 3.05) is 33.3 Å². The van der Waals surface area contributed by atoms with E-state index in [1.54, 1.807) is 13.2 Å². The lowest BCUT2D eigenvalue weighted by atomic mass is 10.1. The number of ether oxygens (including phenoxy) is 1. The van der Waals surface area contributed by atoms with Gasteiger partial charge in [-0.05, 0) is 69.5 Å². The number of hydrogen-bond donors (Lipinski definition) is 1. The zero-order chi connectivity index (χ0) is 16.3. The van der Waals surface area contributed by atoms with Gasteiger partial charge in [-0.2, -0.15) is 0 Å². The number of benzene rings is 1. The molecule has 0 saturated carbocycles. The zero-order valence-corrected chi connectivity index (χ0v) is 14.7. The highest BCUT2D eigenvalue weighted by atomic mass is 32.2. The summed E-state index contributed by atoms with van der Waals surface area (Å²) in [4.78, 5) is 2.67. The Morgan fingerprint density at radius 1 is 1.18 bits per heavy atom. The van der Waals surface area contributed by atoms with E-state index in [0.717, 1.165) is 36.5 Å². The lowest BCUT2D eigenvalue weighted by molar-refractivity contribution is 0.344. The minimum absolute atomic E-state index is 0.382. The van der Waals surface area contributed by atoms with E-state index in [1.807, 2.05) is 20.8 Å². The molecule has 1 heterocycles. The second kappa shape index (κ2) is 6.98. The molecule has 0 radical (unpaired) electrons. The summed E-state index contributed by atoms with van der Waals surface area (Å²) in [5.74, 6) is 0.728. The van der Waals surface area contributed by atoms with Crippen LogP contribution in [-0.4, -0.2) is 46.6 Å². The highest BCUT2D eigenvalue weighted by molar-refractivity contribution is 7.89. The molecule has 1 aliphatic heterocycles. The predicted molar refractivity (Wildman–Crippen MR) is 88.1 cm³/mol. The second-order valence-electron chi connectivity index (χ2n) is 5.92. The molecule has 0 atom stereocenters. The fourth-order valence-corrected chi connectivity index (χ4v) is 4.61. The van der Waals surface area contributed by atoms with Gasteiger partial charge in [0, 0.05) is 13.1 Å². The van der Waals surface area contributed by atoms with Gasteiger partial charge in [0.15, 0.2) is 0 Å². The van der Waals surface area contributed by atoms with Gasteiger partial charge in [-0.3, -0.25) is 0 Å². The Bertz CT molecular complexity index is 635. The average Bonchev–Trinajstić information content (AvgIpc) is 2.95. The summed E-state index contributed by atoms with van der Waals surface area (Å²) >= 11 is 0. The number of likely N-dealkylation sites (tertiary alicyclic amines) is 1. The van der Waals surface area contributed by atoms with Crippen LogP contribution in [0.5, 0.6) is 5.75 Å². The SMILES string of the molecule is COc1cc(C)c(S(=O)(=O)NCCN2CCCC2)c(C)c1C. The Labute approximate surface area is 133 Å². The Kier molecular flexibility index (Phi) is 5.47. The lowest BCUT2D eigenvalue weighted by Gasteiger charge is -2.18. The molecule has 0 aromatic heterocycles. The van der Waals surface area contributed by atoms with Crippen molar-refractivity contribution in [1.29, 1.82) is 0 Å². The van der Waals surface area contributed by atoms with E-state index in [1.165, 1.54) is 12.8 Å². The summed E-state index contributed by atoms with van der Waals surface area (Å²) in [7, 11) is -1.89. The van der Waals surface area contributed by atoms with Crippen LogP contribution in [0.4, 0.5) is 0 Å². The quantitative estimate of drug-likeness (QED) is 0.868. The number of hydrogen-bond acceptors (Lipinski definition) is 4. The molecule has 1 aromatic rings. The first-order chi connectivity index (χ1) is 10.4. The molecule has 1 aromatic carbocycles. The average molecular weight is 326 g/mol. The summed E-state index contributed by atoms with van der Waals surface area (Å²) in [6.45, 7) is 8.89. The van der Waals surface area contributed by atoms with E-state index in [0.29, 0.717) is 17.0 Å². The Hall–Kier alpha value is -1.11. The molecule has 0 bridgehead atoms. The normalized spacial score (nSPS) is 16.2. The fourth-order valence-electron chi connectivity index (χ4n) is 3.06. The molecule has 0 unspecified atom stereocenters. The summed E-state index contributed by atoms with van der Waals surface area (Å²) in [5.41, 5.74) is 2.34. The Balaban J connectivity index is 2.16. The molecule has 22 heavy (non-hydrogen) atoms. The standard InChI is InChI=1S/C16H26N2O3S/c1-12-11-15(21-4)13(2)14(3)16(12)22(19,20)17-7-10-18-8-5-6-9-18/h11,17H,5-10H2,1-4H3. The van der Waals surface area contributed by atoms with Crippen molar-refractivity contribution in [1.82, 2.24) is 9.62 Å². The maximum atomic E-state index is 12.6. The van der Waals surface area contributed by atoms with Crippen LogP contribution in [0.25, 0.3) is 0 Å². The second-order valence-corrected chi connectivity index (χ2v) is 7.63. The largest absolute Gasteiger partial charge is 0.496 e. The van der Waals surface area contributed by atoms with Gasteiger partial charge in [-0.25, -0.2) is 13.1 Å². The maximum Gasteiger partial charge on any atom is 0.241 e. The van der Waals surface area contributed by atoms with Gasteiger partial charge in [0.1, 0.15) is 5.75 Å². The van der Waals surface area contributed by atoms with Crippen molar-refractivity contribution in [2.45, 2.75) is 38.5 Å². The molecule has 0 amide bonds. The van der Waals surface area contributed by atoms with Crippen LogP contribution in [0, 0.1) is 20.8 Å². The minimum Gasteiger partial charge on any atom is -0.496 e. The van der Waals surface area contributed by atoms with Crippen LogP contribution in [0.15, 0.2) is 11.0 Å². The molecular weight excluding hydrogens is 300 g/mol. The Morgan fingerprint density at radius 3 is 2.41 bits per heavy atom. The van der Waals surface area contributed by atoms with E-state index in [-0.39, 0.29) is 0 Å². The summed E-state index contributed by atoms with van der Waals surface area (Å²) < 4.78 is 33.3. The van der Waals surface area contributed by atoms with Crippen molar-refractivity contribution in [3.8, 4) is 5.75 Å². The van der Waals surface area contributed by atoms with Crippen LogP contribution < -0.4 is 9.46 Å². The first-order valence-corrected chi connectivity index (χ1v) is 9.22. The van der Waals surface area contributed by atoms with Gasteiger partial charge in [-0.15, -0.1) is 0 Å². The van der Waals surface area contributed by atoms with Crippen LogP contribution in [0.1, 0.15) is 29.5 Å². The predicted octanol–water partition coefficient (Wildman–Crippen LogP) is 1.99. The van der Waals surface area contributed by atoms with Crippen molar-refractivity contribution < 1.29 is 13.2 Å². The molecule has 0 aliphatic carbocycles. The monoisotopic (exact) mass is 326 g/mol. The molecule has 1 saturated heterocycles. The number of nitrogens with one attached hydrogen (secondary N) is 1. The smallest absolute Gasteiger partial charge is 0.241 e. The topological polar surface area (TPSA) is 58.6 Å². The lowest BCUT2D eigenvalue weighted by Crippen LogP contribution is -2.34. The molecule has 124 valence electrons. The Morgan fingerprint density at radius 2 is 1.82 bits per heavy atom. The van der Waals surface area contributed by atoms with Gasteiger partial charge in [0.05, 0.1) is 12.0 Å².